The van der Waals surface area contributed by atoms with Gasteiger partial charge in [0.25, 0.3) is 0 Å². The third kappa shape index (κ3) is 2.85. The van der Waals surface area contributed by atoms with Crippen LogP contribution in [-0.4, -0.2) is 39.8 Å². The Morgan fingerprint density at radius 2 is 1.75 bits per heavy atom. The van der Waals surface area contributed by atoms with E-state index in [1.165, 1.54) is 0 Å². The molecule has 4 bridgehead atoms. The Bertz CT molecular complexity index is 662. The van der Waals surface area contributed by atoms with E-state index in [1.54, 1.807) is 0 Å². The van der Waals surface area contributed by atoms with E-state index in [4.69, 9.17) is 14.2 Å². The van der Waals surface area contributed by atoms with Crippen molar-refractivity contribution in [3.63, 3.8) is 0 Å². The average molecular weight is 395 g/mol. The Balaban J connectivity index is 2.00. The Morgan fingerprint density at radius 3 is 2.32 bits per heavy atom. The number of aliphatic hydroxyl groups excluding tert-OH is 1. The number of hydrogen-bond acceptors (Lipinski definition) is 5. The minimum absolute atomic E-state index is 0.00381. The molecule has 0 radical (unpaired) electrons. The van der Waals surface area contributed by atoms with Gasteiger partial charge in [0.05, 0.1) is 18.1 Å². The summed E-state index contributed by atoms with van der Waals surface area (Å²) >= 11 is 0. The van der Waals surface area contributed by atoms with Crippen LogP contribution in [0.25, 0.3) is 0 Å². The number of rotatable bonds is 6. The van der Waals surface area contributed by atoms with Gasteiger partial charge in [-0.1, -0.05) is 59.3 Å². The van der Waals surface area contributed by atoms with E-state index in [2.05, 4.69) is 19.9 Å². The summed E-state index contributed by atoms with van der Waals surface area (Å²) in [6.07, 6.45) is 4.80. The quantitative estimate of drug-likeness (QED) is 0.663. The summed E-state index contributed by atoms with van der Waals surface area (Å²) in [6, 6.07) is 0. The number of hydrogen-bond donors (Lipinski definition) is 2. The van der Waals surface area contributed by atoms with Gasteiger partial charge in [-0.05, 0) is 32.3 Å². The van der Waals surface area contributed by atoms with Crippen LogP contribution >= 0.6 is 0 Å². The molecule has 0 aromatic heterocycles. The molecule has 0 aliphatic carbocycles. The first-order valence-electron chi connectivity index (χ1n) is 10.8. The van der Waals surface area contributed by atoms with Gasteiger partial charge in [0.1, 0.15) is 0 Å². The highest BCUT2D eigenvalue weighted by molar-refractivity contribution is 5.24. The predicted octanol–water partition coefficient (Wildman–Crippen LogP) is 4.14. The zero-order chi connectivity index (χ0) is 21.1. The van der Waals surface area contributed by atoms with E-state index in [-0.39, 0.29) is 23.9 Å². The van der Waals surface area contributed by atoms with Crippen molar-refractivity contribution in [3.8, 4) is 0 Å². The van der Waals surface area contributed by atoms with Gasteiger partial charge in [-0.2, -0.15) is 0 Å². The molecule has 2 N–H and O–H groups in total. The fourth-order valence-corrected chi connectivity index (χ4v) is 5.67. The molecular formula is C23H38O5. The molecular weight excluding hydrogens is 356 g/mol. The van der Waals surface area contributed by atoms with Gasteiger partial charge >= 0.3 is 0 Å². The molecule has 0 aromatic rings. The molecule has 0 aromatic carbocycles. The summed E-state index contributed by atoms with van der Waals surface area (Å²) in [5, 5.41) is 22.7. The largest absolute Gasteiger partial charge is 0.388 e. The number of aliphatic hydroxyl groups is 2. The summed E-state index contributed by atoms with van der Waals surface area (Å²) in [6.45, 7) is 16.0. The van der Waals surface area contributed by atoms with E-state index in [1.807, 2.05) is 47.6 Å². The van der Waals surface area contributed by atoms with Gasteiger partial charge in [0.15, 0.2) is 17.4 Å². The minimum atomic E-state index is -1.33. The lowest BCUT2D eigenvalue weighted by Gasteiger charge is -2.72. The van der Waals surface area contributed by atoms with Crippen molar-refractivity contribution in [2.24, 2.45) is 23.7 Å². The van der Waals surface area contributed by atoms with Crippen LogP contribution < -0.4 is 0 Å². The van der Waals surface area contributed by atoms with Crippen LogP contribution in [0.3, 0.4) is 0 Å². The van der Waals surface area contributed by atoms with Crippen LogP contribution in [-0.2, 0) is 14.2 Å². The van der Waals surface area contributed by atoms with E-state index in [0.717, 1.165) is 17.6 Å². The fourth-order valence-electron chi connectivity index (χ4n) is 5.67. The van der Waals surface area contributed by atoms with Crippen LogP contribution in [0.2, 0.25) is 0 Å². The summed E-state index contributed by atoms with van der Waals surface area (Å²) in [7, 11) is 0. The Morgan fingerprint density at radius 1 is 1.11 bits per heavy atom. The molecule has 9 unspecified atom stereocenters. The van der Waals surface area contributed by atoms with Gasteiger partial charge in [-0.3, -0.25) is 0 Å². The zero-order valence-corrected chi connectivity index (χ0v) is 18.7. The van der Waals surface area contributed by atoms with Crippen molar-refractivity contribution in [1.82, 2.24) is 0 Å². The normalized spacial score (nSPS) is 48.1. The van der Waals surface area contributed by atoms with Crippen molar-refractivity contribution in [3.05, 3.63) is 23.3 Å². The van der Waals surface area contributed by atoms with Gasteiger partial charge in [0.2, 0.25) is 0 Å². The topological polar surface area (TPSA) is 68.2 Å². The summed E-state index contributed by atoms with van der Waals surface area (Å²) in [4.78, 5) is 0. The molecule has 5 nitrogen and oxygen atoms in total. The smallest absolute Gasteiger partial charge is 0.185 e. The first-order chi connectivity index (χ1) is 13.0. The average Bonchev–Trinajstić information content (AvgIpc) is 2.65. The van der Waals surface area contributed by atoms with Crippen LogP contribution in [0.1, 0.15) is 68.2 Å². The number of ether oxygens (including phenoxy) is 3. The van der Waals surface area contributed by atoms with Gasteiger partial charge in [-0.25, -0.2) is 0 Å². The van der Waals surface area contributed by atoms with Gasteiger partial charge in [0, 0.05) is 17.8 Å². The molecule has 9 atom stereocenters. The molecule has 0 spiro atoms. The maximum atomic E-state index is 11.5. The van der Waals surface area contributed by atoms with Crippen molar-refractivity contribution in [2.45, 2.75) is 97.8 Å². The van der Waals surface area contributed by atoms with Crippen LogP contribution in [0.5, 0.6) is 0 Å². The van der Waals surface area contributed by atoms with E-state index >= 15 is 0 Å². The molecule has 4 heterocycles. The van der Waals surface area contributed by atoms with Crippen LogP contribution in [0.15, 0.2) is 23.3 Å². The molecule has 4 rings (SSSR count). The Kier molecular flexibility index (Phi) is 5.66. The molecule has 4 aliphatic rings. The van der Waals surface area contributed by atoms with E-state index < -0.39 is 29.4 Å². The lowest BCUT2D eigenvalue weighted by atomic mass is 9.64. The maximum Gasteiger partial charge on any atom is 0.185 e. The second-order valence-corrected chi connectivity index (χ2v) is 9.20. The Hall–Kier alpha value is -0.720. The van der Waals surface area contributed by atoms with Gasteiger partial charge < -0.3 is 24.4 Å². The standard InChI is InChI=1S/C23H38O5/c1-9-11-13(3)12-14(4)19(24)15(5)23-18(8)22(25)17(7)20(26-23)16(6)21(10-2,27-22)28-23/h11-12,15-20,24-25H,9-10H2,1-8H3/b13-11+,14-12+. The molecule has 160 valence electrons. The highest BCUT2D eigenvalue weighted by Crippen LogP contribution is 2.64. The third-order valence-electron chi connectivity index (χ3n) is 7.59. The van der Waals surface area contributed by atoms with Crippen LogP contribution in [0, 0.1) is 23.7 Å². The molecule has 0 amide bonds. The highest BCUT2D eigenvalue weighted by Gasteiger charge is 2.76. The van der Waals surface area contributed by atoms with Crippen molar-refractivity contribution in [2.75, 3.05) is 0 Å². The molecule has 0 saturated carbocycles. The fraction of sp³-hybridized carbons (Fsp3) is 0.826. The lowest BCUT2D eigenvalue weighted by molar-refractivity contribution is -0.593. The monoisotopic (exact) mass is 394 g/mol. The molecule has 4 aliphatic heterocycles. The lowest BCUT2D eigenvalue weighted by Crippen LogP contribution is -2.83. The van der Waals surface area contributed by atoms with Crippen molar-refractivity contribution < 1.29 is 24.4 Å². The molecule has 5 heteroatoms. The minimum Gasteiger partial charge on any atom is -0.388 e. The van der Waals surface area contributed by atoms with E-state index in [9.17, 15) is 10.2 Å². The highest BCUT2D eigenvalue weighted by atomic mass is 16.9. The third-order valence-corrected chi connectivity index (χ3v) is 7.59. The first kappa shape index (κ1) is 22.0. The second kappa shape index (κ2) is 7.21. The summed E-state index contributed by atoms with van der Waals surface area (Å²) in [5.74, 6) is -4.26. The number of allylic oxidation sites excluding steroid dienone is 3. The first-order valence-corrected chi connectivity index (χ1v) is 10.8. The molecule has 4 saturated heterocycles. The zero-order valence-electron chi connectivity index (χ0n) is 18.7. The maximum absolute atomic E-state index is 11.5. The molecule has 28 heavy (non-hydrogen) atoms. The predicted molar refractivity (Wildman–Crippen MR) is 108 cm³/mol. The Labute approximate surface area is 169 Å². The van der Waals surface area contributed by atoms with Gasteiger partial charge in [-0.15, -0.1) is 0 Å². The summed E-state index contributed by atoms with van der Waals surface area (Å²) < 4.78 is 19.4. The van der Waals surface area contributed by atoms with Crippen molar-refractivity contribution in [1.29, 1.82) is 0 Å². The van der Waals surface area contributed by atoms with Crippen LogP contribution in [0.4, 0.5) is 0 Å². The SMILES string of the molecule is CC/C=C(C)/C=C(\C)C(O)C(C)C12OC3C(C)C(CC)(OC(O)(C3C)C1C)O2. The summed E-state index contributed by atoms with van der Waals surface area (Å²) in [5.41, 5.74) is 1.99. The van der Waals surface area contributed by atoms with E-state index in [0.29, 0.717) is 6.42 Å². The van der Waals surface area contributed by atoms with Crippen molar-refractivity contribution >= 4 is 0 Å². The second-order valence-electron chi connectivity index (χ2n) is 9.20. The molecule has 4 fully saturated rings.